The molecule has 0 unspecified atom stereocenters. The van der Waals surface area contributed by atoms with E-state index in [0.29, 0.717) is 6.54 Å². The molecule has 350 valence electrons. The van der Waals surface area contributed by atoms with Crippen molar-refractivity contribution in [2.24, 2.45) is 17.8 Å². The monoisotopic (exact) mass is 864 g/mol. The molecule has 0 aromatic heterocycles. The van der Waals surface area contributed by atoms with E-state index in [1.165, 1.54) is 37.9 Å². The highest BCUT2D eigenvalue weighted by molar-refractivity contribution is 5.79. The second-order valence-corrected chi connectivity index (χ2v) is 18.8. The number of hydrogen-bond acceptors (Lipinski definition) is 16. The van der Waals surface area contributed by atoms with E-state index in [0.717, 1.165) is 0 Å². The summed E-state index contributed by atoms with van der Waals surface area (Å²) in [6, 6.07) is -1.42. The third-order valence-corrected chi connectivity index (χ3v) is 13.2. The molecule has 60 heavy (non-hydrogen) atoms. The number of esters is 1. The fourth-order valence-corrected chi connectivity index (χ4v) is 9.42. The molecule has 1 amide bonds. The lowest BCUT2D eigenvalue weighted by atomic mass is 9.77. The number of aliphatic hydroxyl groups is 5. The van der Waals surface area contributed by atoms with Crippen LogP contribution in [0.1, 0.15) is 94.9 Å². The first-order valence-corrected chi connectivity index (χ1v) is 21.3. The SMILES string of the molecule is CC[C@H]1OC(=O)[C@H](C)[C@@H](O[C@H]2C[C@@](C)(OC)[C@@H](O)[C@H](C)O2)[C@H](C)[C@@H](O[C@@H]2O[C@H](C)C[C@H](N(C)C(=O)CN(C)CC(=O)O)[C@H]2O)[C@](C)(O)C[C@@H](C)CN(C)[C@H](C)[C@@H](O)[C@]1(C)O. The minimum absolute atomic E-state index is 0.0628. The standard InChI is InChI=1S/C42H77N3O15/c1-15-29-42(10,54)35(50)26(6)44(12)19-22(2)17-40(8,53)37(60-39-33(49)28(16-23(3)56-39)45(13)30(46)20-43(11)21-31(47)48)24(4)34(25(5)38(52)58-29)59-32-18-41(9,55-14)36(51)27(7)57-32/h22-29,32-37,39,49-51,53-54H,15-21H2,1-14H3,(H,47,48)/t22-,23-,24+,25-,26-,27+,28+,29-,32+,33-,34+,35-,36+,37-,39+,40-,41-,42-/m1/s1. The average Bonchev–Trinajstić information content (AvgIpc) is 3.15. The maximum Gasteiger partial charge on any atom is 0.317 e. The Morgan fingerprint density at radius 2 is 1.55 bits per heavy atom. The van der Waals surface area contributed by atoms with Gasteiger partial charge in [0, 0.05) is 39.1 Å². The van der Waals surface area contributed by atoms with Gasteiger partial charge in [-0.2, -0.15) is 0 Å². The second kappa shape index (κ2) is 21.1. The van der Waals surface area contributed by atoms with Crippen LogP contribution >= 0.6 is 0 Å². The minimum atomic E-state index is -1.86. The van der Waals surface area contributed by atoms with Gasteiger partial charge in [0.05, 0.1) is 60.7 Å². The third kappa shape index (κ3) is 12.3. The van der Waals surface area contributed by atoms with Gasteiger partial charge in [-0.3, -0.25) is 19.3 Å². The molecule has 0 spiro atoms. The summed E-state index contributed by atoms with van der Waals surface area (Å²) in [5.74, 6) is -4.53. The van der Waals surface area contributed by atoms with Crippen LogP contribution in [0.5, 0.6) is 0 Å². The maximum atomic E-state index is 14.3. The number of aliphatic carboxylic acids is 1. The molecule has 0 aromatic carbocycles. The second-order valence-electron chi connectivity index (χ2n) is 18.8. The number of carboxylic acid groups (broad SMARTS) is 1. The van der Waals surface area contributed by atoms with Gasteiger partial charge in [-0.15, -0.1) is 0 Å². The number of carboxylic acids is 1. The van der Waals surface area contributed by atoms with Crippen LogP contribution in [0.2, 0.25) is 0 Å². The molecular formula is C42H77N3O15. The molecule has 18 heteroatoms. The van der Waals surface area contributed by atoms with Gasteiger partial charge in [0.2, 0.25) is 5.91 Å². The molecule has 0 saturated carbocycles. The summed E-state index contributed by atoms with van der Waals surface area (Å²) in [6.45, 7) is 16.8. The molecule has 3 saturated heterocycles. The number of methoxy groups -OCH3 is 1. The van der Waals surface area contributed by atoms with E-state index in [2.05, 4.69) is 0 Å². The average molecular weight is 864 g/mol. The summed E-state index contributed by atoms with van der Waals surface area (Å²) in [5, 5.41) is 68.1. The number of cyclic esters (lactones) is 1. The van der Waals surface area contributed by atoms with E-state index in [1.54, 1.807) is 62.4 Å². The van der Waals surface area contributed by atoms with Crippen LogP contribution in [0.4, 0.5) is 0 Å². The highest BCUT2D eigenvalue weighted by atomic mass is 16.7. The smallest absolute Gasteiger partial charge is 0.317 e. The van der Waals surface area contributed by atoms with Crippen molar-refractivity contribution in [3.05, 3.63) is 0 Å². The predicted molar refractivity (Wildman–Crippen MR) is 218 cm³/mol. The number of likely N-dealkylation sites (N-methyl/N-ethyl adjacent to an activating group) is 3. The Labute approximate surface area is 356 Å². The van der Waals surface area contributed by atoms with Crippen molar-refractivity contribution in [2.75, 3.05) is 47.9 Å². The van der Waals surface area contributed by atoms with E-state index in [9.17, 15) is 45.0 Å². The summed E-state index contributed by atoms with van der Waals surface area (Å²) in [4.78, 5) is 43.5. The van der Waals surface area contributed by atoms with Gasteiger partial charge in [0.1, 0.15) is 30.0 Å². The number of amides is 1. The van der Waals surface area contributed by atoms with Gasteiger partial charge in [0.15, 0.2) is 12.6 Å². The first kappa shape index (κ1) is 52.3. The molecule has 3 aliphatic heterocycles. The van der Waals surface area contributed by atoms with Crippen molar-refractivity contribution < 1.29 is 73.4 Å². The quantitative estimate of drug-likeness (QED) is 0.158. The first-order valence-electron chi connectivity index (χ1n) is 21.3. The van der Waals surface area contributed by atoms with Crippen molar-refractivity contribution in [1.82, 2.24) is 14.7 Å². The molecule has 18 nitrogen and oxygen atoms in total. The van der Waals surface area contributed by atoms with Crippen LogP contribution in [0.15, 0.2) is 0 Å². The molecule has 0 radical (unpaired) electrons. The van der Waals surface area contributed by atoms with E-state index in [1.807, 2.05) is 11.8 Å². The molecule has 0 aromatic rings. The normalized spacial score (nSPS) is 44.4. The van der Waals surface area contributed by atoms with Crippen molar-refractivity contribution in [3.63, 3.8) is 0 Å². The number of carbonyl (C=O) groups is 3. The Hall–Kier alpha value is -2.07. The molecule has 3 rings (SSSR count). The molecule has 3 heterocycles. The number of aliphatic hydroxyl groups excluding tert-OH is 3. The van der Waals surface area contributed by atoms with Gasteiger partial charge in [-0.05, 0) is 87.7 Å². The van der Waals surface area contributed by atoms with Crippen LogP contribution in [0.3, 0.4) is 0 Å². The van der Waals surface area contributed by atoms with Crippen molar-refractivity contribution >= 4 is 17.8 Å². The molecule has 6 N–H and O–H groups in total. The molecule has 0 aliphatic carbocycles. The Morgan fingerprint density at radius 3 is 2.12 bits per heavy atom. The Bertz CT molecular complexity index is 1420. The molecule has 3 aliphatic rings. The van der Waals surface area contributed by atoms with Crippen LogP contribution in [0.25, 0.3) is 0 Å². The van der Waals surface area contributed by atoms with Gasteiger partial charge in [-0.25, -0.2) is 0 Å². The summed E-state index contributed by atoms with van der Waals surface area (Å²) in [6.07, 6.45) is -10.4. The Kier molecular flexibility index (Phi) is 18.4. The zero-order chi connectivity index (χ0) is 45.8. The summed E-state index contributed by atoms with van der Waals surface area (Å²) in [7, 11) is 6.29. The van der Waals surface area contributed by atoms with Gasteiger partial charge in [-0.1, -0.05) is 20.8 Å². The Balaban J connectivity index is 2.15. The highest BCUT2D eigenvalue weighted by Gasteiger charge is 2.53. The number of ether oxygens (including phenoxy) is 6. The summed E-state index contributed by atoms with van der Waals surface area (Å²) < 4.78 is 37.6. The lowest BCUT2D eigenvalue weighted by Crippen LogP contribution is -2.61. The van der Waals surface area contributed by atoms with Gasteiger partial charge >= 0.3 is 11.9 Å². The first-order chi connectivity index (χ1) is 27.6. The molecular weight excluding hydrogens is 786 g/mol. The molecule has 18 atom stereocenters. The maximum absolute atomic E-state index is 14.3. The van der Waals surface area contributed by atoms with Crippen LogP contribution in [0, 0.1) is 17.8 Å². The van der Waals surface area contributed by atoms with Gasteiger partial charge in [0.25, 0.3) is 0 Å². The van der Waals surface area contributed by atoms with Crippen LogP contribution in [-0.2, 0) is 42.8 Å². The van der Waals surface area contributed by atoms with Gasteiger partial charge < -0.3 is 68.9 Å². The fourth-order valence-electron chi connectivity index (χ4n) is 9.42. The highest BCUT2D eigenvalue weighted by Crippen LogP contribution is 2.40. The summed E-state index contributed by atoms with van der Waals surface area (Å²) in [5.41, 5.74) is -4.66. The minimum Gasteiger partial charge on any atom is -0.480 e. The number of carbonyl (C=O) groups excluding carboxylic acids is 2. The van der Waals surface area contributed by atoms with E-state index in [4.69, 9.17) is 28.4 Å². The fraction of sp³-hybridized carbons (Fsp3) is 0.929. The predicted octanol–water partition coefficient (Wildman–Crippen LogP) is 0.814. The topological polar surface area (TPSA) is 238 Å². The molecule has 0 bridgehead atoms. The lowest BCUT2D eigenvalue weighted by molar-refractivity contribution is -0.317. The third-order valence-electron chi connectivity index (χ3n) is 13.2. The summed E-state index contributed by atoms with van der Waals surface area (Å²) >= 11 is 0. The zero-order valence-corrected chi connectivity index (χ0v) is 38.3. The number of rotatable bonds is 11. The zero-order valence-electron chi connectivity index (χ0n) is 38.3. The van der Waals surface area contributed by atoms with Crippen molar-refractivity contribution in [2.45, 2.75) is 185 Å². The van der Waals surface area contributed by atoms with E-state index in [-0.39, 0.29) is 44.7 Å². The Morgan fingerprint density at radius 1 is 0.933 bits per heavy atom. The van der Waals surface area contributed by atoms with Crippen molar-refractivity contribution in [1.29, 1.82) is 0 Å². The van der Waals surface area contributed by atoms with Crippen LogP contribution in [-0.4, -0.2) is 201 Å². The molecule has 3 fully saturated rings. The van der Waals surface area contributed by atoms with Crippen molar-refractivity contribution in [3.8, 4) is 0 Å². The van der Waals surface area contributed by atoms with E-state index >= 15 is 0 Å². The number of hydrogen-bond donors (Lipinski definition) is 6. The van der Waals surface area contributed by atoms with E-state index < -0.39 is 120 Å². The lowest BCUT2D eigenvalue weighted by Gasteiger charge is -2.49. The largest absolute Gasteiger partial charge is 0.480 e. The number of nitrogens with zero attached hydrogens (tertiary/aromatic N) is 3. The van der Waals surface area contributed by atoms with Crippen LogP contribution < -0.4 is 0 Å².